The third-order valence-corrected chi connectivity index (χ3v) is 10.6. The van der Waals surface area contributed by atoms with Gasteiger partial charge in [0.25, 0.3) is 0 Å². The first-order valence-electron chi connectivity index (χ1n) is 25.8. The van der Waals surface area contributed by atoms with E-state index >= 15 is 0 Å². The number of carbonyl (C=O) groups excluding carboxylic acids is 2. The van der Waals surface area contributed by atoms with Gasteiger partial charge in [0.15, 0.2) is 6.10 Å². The van der Waals surface area contributed by atoms with E-state index in [0.29, 0.717) is 13.0 Å². The number of allylic oxidation sites excluding steroid dienone is 15. The lowest BCUT2D eigenvalue weighted by atomic mass is 10.0. The molecule has 0 aromatic heterocycles. The minimum absolute atomic E-state index is 0.0230. The highest BCUT2D eigenvalue weighted by molar-refractivity contribution is 5.71. The molecule has 0 radical (unpaired) electrons. The van der Waals surface area contributed by atoms with Gasteiger partial charge in [-0.25, -0.2) is 0 Å². The zero-order chi connectivity index (χ0) is 44.9. The summed E-state index contributed by atoms with van der Waals surface area (Å²) in [7, 11) is 0. The number of esters is 2. The first-order valence-corrected chi connectivity index (χ1v) is 25.8. The molecule has 0 spiro atoms. The summed E-state index contributed by atoms with van der Waals surface area (Å²) in [6.07, 6.45) is 70.1. The molecule has 0 aromatic rings. The van der Waals surface area contributed by atoms with Crippen molar-refractivity contribution in [3.63, 3.8) is 0 Å². The van der Waals surface area contributed by atoms with E-state index in [0.717, 1.165) is 89.9 Å². The van der Waals surface area contributed by atoms with Crippen molar-refractivity contribution < 1.29 is 23.8 Å². The van der Waals surface area contributed by atoms with E-state index in [2.05, 4.69) is 106 Å². The first kappa shape index (κ1) is 58.8. The van der Waals surface area contributed by atoms with Crippen LogP contribution in [0.25, 0.3) is 0 Å². The molecular weight excluding hydrogens is 765 g/mol. The van der Waals surface area contributed by atoms with Crippen LogP contribution in [0.3, 0.4) is 0 Å². The number of carbonyl (C=O) groups is 2. The fourth-order valence-corrected chi connectivity index (χ4v) is 6.89. The normalized spacial score (nSPS) is 13.0. The summed E-state index contributed by atoms with van der Waals surface area (Å²) in [6.45, 7) is 7.48. The molecule has 1 atom stereocenters. The van der Waals surface area contributed by atoms with E-state index < -0.39 is 6.10 Å². The molecule has 1 unspecified atom stereocenters. The summed E-state index contributed by atoms with van der Waals surface area (Å²) in [5.41, 5.74) is 0. The Morgan fingerprint density at radius 1 is 0.387 bits per heavy atom. The molecule has 0 saturated carbocycles. The van der Waals surface area contributed by atoms with Gasteiger partial charge in [0.2, 0.25) is 0 Å². The Hall–Kier alpha value is -3.18. The Balaban J connectivity index is 4.41. The van der Waals surface area contributed by atoms with Crippen molar-refractivity contribution in [1.82, 2.24) is 0 Å². The molecule has 0 aromatic carbocycles. The van der Waals surface area contributed by atoms with E-state index in [1.807, 2.05) is 12.2 Å². The van der Waals surface area contributed by atoms with Crippen LogP contribution in [0.15, 0.2) is 97.2 Å². The number of unbranched alkanes of at least 4 members (excludes halogenated alkanes) is 20. The van der Waals surface area contributed by atoms with E-state index in [1.165, 1.54) is 103 Å². The van der Waals surface area contributed by atoms with E-state index in [9.17, 15) is 9.59 Å². The van der Waals surface area contributed by atoms with Crippen LogP contribution in [0.4, 0.5) is 0 Å². The van der Waals surface area contributed by atoms with Gasteiger partial charge in [0, 0.05) is 13.0 Å². The smallest absolute Gasteiger partial charge is 0.309 e. The van der Waals surface area contributed by atoms with Crippen LogP contribution < -0.4 is 0 Å². The predicted molar refractivity (Wildman–Crippen MR) is 270 cm³/mol. The van der Waals surface area contributed by atoms with Gasteiger partial charge in [-0.1, -0.05) is 234 Å². The van der Waals surface area contributed by atoms with Gasteiger partial charge in [-0.05, 0) is 77.0 Å². The van der Waals surface area contributed by atoms with Gasteiger partial charge in [-0.3, -0.25) is 9.59 Å². The standard InChI is InChI=1S/C57H96O5/c1-4-7-10-13-16-19-22-25-28-31-34-37-40-43-46-49-52-60-53-55(62-57(59)51-48-45-42-39-36-33-30-27-24-21-18-15-12-9-6-3)54-61-56(58)50-47-44-41-38-35-32-29-26-23-20-17-14-11-8-5-2/h7-8,10-11,16-17,19-20,25-26,28-29,35,38,44,47,55H,4-6,9,12-15,18,21-24,27,30-34,36-37,39-43,45-46,48-54H2,1-3H3/b10-7-,11-8-,19-16-,20-17-,28-25-,29-26-,38-35-,47-44-. The molecule has 0 aliphatic rings. The summed E-state index contributed by atoms with van der Waals surface area (Å²) >= 11 is 0. The summed E-state index contributed by atoms with van der Waals surface area (Å²) < 4.78 is 17.3. The molecule has 0 amide bonds. The van der Waals surface area contributed by atoms with Crippen molar-refractivity contribution in [2.75, 3.05) is 19.8 Å². The number of ether oxygens (including phenoxy) is 3. The van der Waals surface area contributed by atoms with Gasteiger partial charge in [0.05, 0.1) is 13.0 Å². The molecule has 0 heterocycles. The highest BCUT2D eigenvalue weighted by Crippen LogP contribution is 2.15. The zero-order valence-electron chi connectivity index (χ0n) is 40.6. The summed E-state index contributed by atoms with van der Waals surface area (Å²) in [4.78, 5) is 25.3. The lowest BCUT2D eigenvalue weighted by Gasteiger charge is -2.18. The van der Waals surface area contributed by atoms with Gasteiger partial charge in [-0.15, -0.1) is 0 Å². The Bertz CT molecular complexity index is 1200. The highest BCUT2D eigenvalue weighted by atomic mass is 16.6. The molecule has 0 fully saturated rings. The van der Waals surface area contributed by atoms with Gasteiger partial charge >= 0.3 is 11.9 Å². The van der Waals surface area contributed by atoms with Crippen molar-refractivity contribution in [2.24, 2.45) is 0 Å². The van der Waals surface area contributed by atoms with Crippen LogP contribution in [0.5, 0.6) is 0 Å². The maximum absolute atomic E-state index is 12.8. The van der Waals surface area contributed by atoms with Crippen molar-refractivity contribution >= 4 is 11.9 Å². The number of hydrogen-bond acceptors (Lipinski definition) is 5. The molecule has 5 heteroatoms. The fraction of sp³-hybridized carbons (Fsp3) is 0.684. The molecule has 0 N–H and O–H groups in total. The Morgan fingerprint density at radius 2 is 0.774 bits per heavy atom. The van der Waals surface area contributed by atoms with Crippen LogP contribution in [-0.2, 0) is 23.8 Å². The van der Waals surface area contributed by atoms with Crippen LogP contribution in [0.2, 0.25) is 0 Å². The lowest BCUT2D eigenvalue weighted by molar-refractivity contribution is -0.162. The van der Waals surface area contributed by atoms with Crippen LogP contribution >= 0.6 is 0 Å². The monoisotopic (exact) mass is 861 g/mol. The number of hydrogen-bond donors (Lipinski definition) is 0. The Labute approximate surface area is 383 Å². The topological polar surface area (TPSA) is 61.8 Å². The average Bonchev–Trinajstić information content (AvgIpc) is 3.27. The average molecular weight is 861 g/mol. The summed E-state index contributed by atoms with van der Waals surface area (Å²) in [5.74, 6) is -0.550. The third kappa shape index (κ3) is 49.5. The molecule has 62 heavy (non-hydrogen) atoms. The minimum Gasteiger partial charge on any atom is -0.461 e. The van der Waals surface area contributed by atoms with Crippen molar-refractivity contribution in [3.05, 3.63) is 97.2 Å². The van der Waals surface area contributed by atoms with Gasteiger partial charge < -0.3 is 14.2 Å². The van der Waals surface area contributed by atoms with E-state index in [-0.39, 0.29) is 31.6 Å². The van der Waals surface area contributed by atoms with Crippen molar-refractivity contribution in [1.29, 1.82) is 0 Å². The maximum atomic E-state index is 12.8. The van der Waals surface area contributed by atoms with E-state index in [1.54, 1.807) is 0 Å². The zero-order valence-corrected chi connectivity index (χ0v) is 40.6. The molecule has 0 aliphatic carbocycles. The lowest BCUT2D eigenvalue weighted by Crippen LogP contribution is -2.30. The van der Waals surface area contributed by atoms with Crippen LogP contribution in [0, 0.1) is 0 Å². The summed E-state index contributed by atoms with van der Waals surface area (Å²) in [5, 5.41) is 0. The Kier molecular flexibility index (Phi) is 49.5. The molecule has 354 valence electrons. The largest absolute Gasteiger partial charge is 0.461 e. The second kappa shape index (κ2) is 52.2. The quantitative estimate of drug-likeness (QED) is 0.0347. The second-order valence-corrected chi connectivity index (χ2v) is 16.7. The van der Waals surface area contributed by atoms with Crippen LogP contribution in [-0.4, -0.2) is 37.9 Å². The minimum atomic E-state index is -0.586. The molecule has 0 rings (SSSR count). The predicted octanol–water partition coefficient (Wildman–Crippen LogP) is 17.5. The van der Waals surface area contributed by atoms with Gasteiger partial charge in [-0.2, -0.15) is 0 Å². The molecule has 5 nitrogen and oxygen atoms in total. The molecule has 0 saturated heterocycles. The van der Waals surface area contributed by atoms with E-state index in [4.69, 9.17) is 14.2 Å². The number of rotatable bonds is 46. The van der Waals surface area contributed by atoms with Gasteiger partial charge in [0.1, 0.15) is 6.61 Å². The van der Waals surface area contributed by atoms with Crippen molar-refractivity contribution in [2.45, 2.75) is 232 Å². The molecule has 0 aliphatic heterocycles. The van der Waals surface area contributed by atoms with Crippen LogP contribution in [0.1, 0.15) is 226 Å². The third-order valence-electron chi connectivity index (χ3n) is 10.6. The molecule has 0 bridgehead atoms. The molecular formula is C57H96O5. The maximum Gasteiger partial charge on any atom is 0.309 e. The summed E-state index contributed by atoms with van der Waals surface area (Å²) in [6, 6.07) is 0. The van der Waals surface area contributed by atoms with Crippen molar-refractivity contribution in [3.8, 4) is 0 Å². The highest BCUT2D eigenvalue weighted by Gasteiger charge is 2.17. The second-order valence-electron chi connectivity index (χ2n) is 16.7. The first-order chi connectivity index (χ1) is 30.6. The SMILES string of the molecule is CC/C=C\C/C=C\C/C=C\C/C=C\C/C=C\CC(=O)OCC(COCCCCCCCC/C=C\C/C=C\C/C=C\CC)OC(=O)CCCCCCCCCCCCCCCCC. The fourth-order valence-electron chi connectivity index (χ4n) is 6.89. The Morgan fingerprint density at radius 3 is 1.24 bits per heavy atom.